The zero-order valence-electron chi connectivity index (χ0n) is 10.8. The largest absolute Gasteiger partial charge is 0.465 e. The Hall–Kier alpha value is -1.41. The van der Waals surface area contributed by atoms with Gasteiger partial charge in [-0.3, -0.25) is 0 Å². The van der Waals surface area contributed by atoms with Crippen LogP contribution in [-0.4, -0.2) is 24.8 Å². The molecule has 0 unspecified atom stereocenters. The van der Waals surface area contributed by atoms with Crippen LogP contribution in [0.5, 0.6) is 0 Å². The lowest BCUT2D eigenvalue weighted by molar-refractivity contribution is 0.0601. The monoisotopic (exact) mass is 388 g/mol. The minimum Gasteiger partial charge on any atom is -0.465 e. The lowest BCUT2D eigenvalue weighted by atomic mass is 10.1. The number of aliphatic hydroxyl groups is 1. The Kier molecular flexibility index (Phi) is 4.77. The molecule has 0 atom stereocenters. The average molecular weight is 388 g/mol. The maximum Gasteiger partial charge on any atom is 0.343 e. The number of methoxy groups -OCH3 is 1. The molecule has 20 heavy (non-hydrogen) atoms. The molecule has 6 heteroatoms. The van der Waals surface area contributed by atoms with Gasteiger partial charge in [0, 0.05) is 18.4 Å². The summed E-state index contributed by atoms with van der Waals surface area (Å²) in [5.74, 6) is 0.0759. The van der Waals surface area contributed by atoms with Crippen LogP contribution in [0, 0.1) is 3.57 Å². The van der Waals surface area contributed by atoms with Gasteiger partial charge in [-0.2, -0.15) is 0 Å². The summed E-state index contributed by atoms with van der Waals surface area (Å²) in [6.07, 6.45) is 0.990. The zero-order chi connectivity index (χ0) is 14.7. The Morgan fingerprint density at radius 3 is 2.80 bits per heavy atom. The van der Waals surface area contributed by atoms with Crippen molar-refractivity contribution in [3.05, 3.63) is 43.5 Å². The smallest absolute Gasteiger partial charge is 0.343 e. The Balaban J connectivity index is 2.62. The van der Waals surface area contributed by atoms with Gasteiger partial charge in [-0.25, -0.2) is 9.59 Å². The van der Waals surface area contributed by atoms with Gasteiger partial charge in [0.1, 0.15) is 5.76 Å². The molecule has 0 saturated carbocycles. The van der Waals surface area contributed by atoms with Crippen molar-refractivity contribution in [2.75, 3.05) is 13.7 Å². The van der Waals surface area contributed by atoms with E-state index in [1.807, 2.05) is 0 Å². The highest BCUT2D eigenvalue weighted by atomic mass is 127. The summed E-state index contributed by atoms with van der Waals surface area (Å²) in [4.78, 5) is 23.5. The van der Waals surface area contributed by atoms with E-state index in [0.717, 1.165) is 3.57 Å². The third-order valence-corrected chi connectivity index (χ3v) is 4.10. The number of rotatable bonds is 4. The van der Waals surface area contributed by atoms with Crippen molar-refractivity contribution >= 4 is 39.3 Å². The standard InChI is InChI=1S/C14H13IO5/c1-19-13(17)8-4-5-9-10(7-8)12(15)11(3-2-6-16)20-14(9)18/h4-5,7,16H,2-3,6H2,1H3. The van der Waals surface area contributed by atoms with Crippen molar-refractivity contribution < 1.29 is 19.1 Å². The number of aryl methyl sites for hydroxylation is 1. The molecule has 1 aromatic heterocycles. The highest BCUT2D eigenvalue weighted by Gasteiger charge is 2.14. The Morgan fingerprint density at radius 2 is 2.15 bits per heavy atom. The van der Waals surface area contributed by atoms with Crippen molar-refractivity contribution in [1.82, 2.24) is 0 Å². The molecule has 106 valence electrons. The number of esters is 1. The zero-order valence-corrected chi connectivity index (χ0v) is 13.0. The van der Waals surface area contributed by atoms with E-state index < -0.39 is 11.6 Å². The number of aliphatic hydroxyl groups excluding tert-OH is 1. The Bertz CT molecular complexity index is 705. The fourth-order valence-corrected chi connectivity index (χ4v) is 2.74. The van der Waals surface area contributed by atoms with Crippen molar-refractivity contribution in [2.45, 2.75) is 12.8 Å². The van der Waals surface area contributed by atoms with E-state index >= 15 is 0 Å². The van der Waals surface area contributed by atoms with Crippen molar-refractivity contribution in [2.24, 2.45) is 0 Å². The average Bonchev–Trinajstić information content (AvgIpc) is 2.48. The van der Waals surface area contributed by atoms with E-state index in [4.69, 9.17) is 9.52 Å². The quantitative estimate of drug-likeness (QED) is 0.642. The second-order valence-corrected chi connectivity index (χ2v) is 5.28. The van der Waals surface area contributed by atoms with E-state index in [0.29, 0.717) is 34.9 Å². The van der Waals surface area contributed by atoms with Crippen LogP contribution in [-0.2, 0) is 11.2 Å². The first-order valence-electron chi connectivity index (χ1n) is 6.03. The van der Waals surface area contributed by atoms with Crippen molar-refractivity contribution in [1.29, 1.82) is 0 Å². The van der Waals surface area contributed by atoms with Gasteiger partial charge >= 0.3 is 11.6 Å². The van der Waals surface area contributed by atoms with Gasteiger partial charge in [0.25, 0.3) is 0 Å². The van der Waals surface area contributed by atoms with Gasteiger partial charge in [-0.1, -0.05) is 0 Å². The van der Waals surface area contributed by atoms with Gasteiger partial charge in [0.2, 0.25) is 0 Å². The van der Waals surface area contributed by atoms with E-state index in [-0.39, 0.29) is 6.61 Å². The maximum absolute atomic E-state index is 11.9. The molecule has 0 amide bonds. The molecule has 0 aliphatic heterocycles. The van der Waals surface area contributed by atoms with Crippen LogP contribution in [0.4, 0.5) is 0 Å². The molecule has 1 heterocycles. The van der Waals surface area contributed by atoms with Crippen LogP contribution < -0.4 is 5.63 Å². The van der Waals surface area contributed by atoms with Gasteiger partial charge in [-0.05, 0) is 47.2 Å². The summed E-state index contributed by atoms with van der Waals surface area (Å²) >= 11 is 2.08. The maximum atomic E-state index is 11.9. The van der Waals surface area contributed by atoms with Crippen LogP contribution in [0.15, 0.2) is 27.4 Å². The van der Waals surface area contributed by atoms with E-state index in [1.165, 1.54) is 13.2 Å². The van der Waals surface area contributed by atoms with Crippen molar-refractivity contribution in [3.63, 3.8) is 0 Å². The summed E-state index contributed by atoms with van der Waals surface area (Å²) in [6, 6.07) is 4.72. The second-order valence-electron chi connectivity index (χ2n) is 4.21. The van der Waals surface area contributed by atoms with Crippen LogP contribution in [0.2, 0.25) is 0 Å². The minimum atomic E-state index is -0.451. The normalized spacial score (nSPS) is 10.8. The first-order valence-corrected chi connectivity index (χ1v) is 7.10. The van der Waals surface area contributed by atoms with Crippen LogP contribution >= 0.6 is 22.6 Å². The predicted octanol–water partition coefficient (Wildman–Crippen LogP) is 2.11. The third kappa shape index (κ3) is 2.85. The molecular formula is C14H13IO5. The van der Waals surface area contributed by atoms with Crippen LogP contribution in [0.3, 0.4) is 0 Å². The number of ether oxygens (including phenoxy) is 1. The molecule has 5 nitrogen and oxygen atoms in total. The number of halogens is 1. The molecule has 1 N–H and O–H groups in total. The molecule has 0 spiro atoms. The first kappa shape index (κ1) is 15.0. The van der Waals surface area contributed by atoms with E-state index in [1.54, 1.807) is 12.1 Å². The number of hydrogen-bond donors (Lipinski definition) is 1. The van der Waals surface area contributed by atoms with Gasteiger partial charge in [0.15, 0.2) is 0 Å². The molecular weight excluding hydrogens is 375 g/mol. The molecule has 2 rings (SSSR count). The molecule has 0 fully saturated rings. The predicted molar refractivity (Wildman–Crippen MR) is 81.9 cm³/mol. The summed E-state index contributed by atoms with van der Waals surface area (Å²) in [5.41, 5.74) is -0.0543. The number of fused-ring (bicyclic) bond motifs is 1. The van der Waals surface area contributed by atoms with Gasteiger partial charge in [0.05, 0.1) is 21.6 Å². The summed E-state index contributed by atoms with van der Waals surface area (Å²) in [6.45, 7) is 0.0278. The van der Waals surface area contributed by atoms with Crippen LogP contribution in [0.1, 0.15) is 22.5 Å². The fraction of sp³-hybridized carbons (Fsp3) is 0.286. The number of benzene rings is 1. The second kappa shape index (κ2) is 6.36. The molecule has 0 aliphatic carbocycles. The van der Waals surface area contributed by atoms with Gasteiger partial charge in [-0.15, -0.1) is 0 Å². The molecule has 0 saturated heterocycles. The Morgan fingerprint density at radius 1 is 1.40 bits per heavy atom. The van der Waals surface area contributed by atoms with E-state index in [9.17, 15) is 9.59 Å². The lowest BCUT2D eigenvalue weighted by Gasteiger charge is -2.07. The number of carbonyl (C=O) groups excluding carboxylic acids is 1. The topological polar surface area (TPSA) is 76.7 Å². The lowest BCUT2D eigenvalue weighted by Crippen LogP contribution is -2.08. The fourth-order valence-electron chi connectivity index (χ4n) is 1.91. The SMILES string of the molecule is COC(=O)c1ccc2c(=O)oc(CCCO)c(I)c2c1. The molecule has 1 aromatic carbocycles. The Labute approximate surface area is 128 Å². The first-order chi connectivity index (χ1) is 9.58. The minimum absolute atomic E-state index is 0.0278. The third-order valence-electron chi connectivity index (χ3n) is 2.92. The molecule has 0 bridgehead atoms. The number of carbonyl (C=O) groups is 1. The highest BCUT2D eigenvalue weighted by molar-refractivity contribution is 14.1. The molecule has 2 aromatic rings. The van der Waals surface area contributed by atoms with Crippen molar-refractivity contribution in [3.8, 4) is 0 Å². The summed E-state index contributed by atoms with van der Waals surface area (Å²) < 4.78 is 10.7. The highest BCUT2D eigenvalue weighted by Crippen LogP contribution is 2.24. The molecule has 0 radical (unpaired) electrons. The molecule has 0 aliphatic rings. The summed E-state index contributed by atoms with van der Waals surface area (Å²) in [7, 11) is 1.31. The number of hydrogen-bond acceptors (Lipinski definition) is 5. The van der Waals surface area contributed by atoms with E-state index in [2.05, 4.69) is 27.3 Å². The van der Waals surface area contributed by atoms with Crippen LogP contribution in [0.25, 0.3) is 10.8 Å². The summed E-state index contributed by atoms with van der Waals surface area (Å²) in [5, 5.41) is 9.96. The van der Waals surface area contributed by atoms with Gasteiger partial charge < -0.3 is 14.3 Å².